The molecule has 1 saturated carbocycles. The van der Waals surface area contributed by atoms with Gasteiger partial charge in [-0.3, -0.25) is 4.79 Å². The van der Waals surface area contributed by atoms with Crippen LogP contribution in [0.25, 0.3) is 0 Å². The average Bonchev–Trinajstić information content (AvgIpc) is 3.16. The molecule has 0 radical (unpaired) electrons. The van der Waals surface area contributed by atoms with Gasteiger partial charge in [0.1, 0.15) is 5.75 Å². The second kappa shape index (κ2) is 6.78. The van der Waals surface area contributed by atoms with Crippen molar-refractivity contribution in [1.82, 2.24) is 10.6 Å². The molecule has 0 unspecified atom stereocenters. The molecular weight excluding hydrogens is 264 g/mol. The maximum Gasteiger partial charge on any atom is 0.223 e. The fourth-order valence-corrected chi connectivity index (χ4v) is 1.99. The van der Waals surface area contributed by atoms with Crippen molar-refractivity contribution in [2.75, 3.05) is 13.7 Å². The molecule has 104 valence electrons. The number of hydrogen-bond donors (Lipinski definition) is 2. The standard InChI is InChI=1S/C14H19ClN2O2/c1-16-9-10-8-11(15)2-5-13(10)19-7-6-14(18)17-12-3-4-12/h2,5,8,12,16H,3-4,6-7,9H2,1H3,(H,17,18). The van der Waals surface area contributed by atoms with Gasteiger partial charge in [-0.1, -0.05) is 11.6 Å². The van der Waals surface area contributed by atoms with Crippen LogP contribution < -0.4 is 15.4 Å². The van der Waals surface area contributed by atoms with Crippen LogP contribution in [0, 0.1) is 0 Å². The molecule has 2 rings (SSSR count). The van der Waals surface area contributed by atoms with Gasteiger partial charge >= 0.3 is 0 Å². The van der Waals surface area contributed by atoms with E-state index in [9.17, 15) is 4.79 Å². The van der Waals surface area contributed by atoms with Gasteiger partial charge in [-0.2, -0.15) is 0 Å². The molecule has 0 atom stereocenters. The number of carbonyl (C=O) groups excluding carboxylic acids is 1. The number of benzene rings is 1. The summed E-state index contributed by atoms with van der Waals surface area (Å²) in [5.74, 6) is 0.838. The predicted molar refractivity (Wildman–Crippen MR) is 75.5 cm³/mol. The predicted octanol–water partition coefficient (Wildman–Crippen LogP) is 2.11. The number of carbonyl (C=O) groups is 1. The third-order valence-electron chi connectivity index (χ3n) is 2.92. The summed E-state index contributed by atoms with van der Waals surface area (Å²) in [6.07, 6.45) is 2.60. The summed E-state index contributed by atoms with van der Waals surface area (Å²) < 4.78 is 5.66. The fourth-order valence-electron chi connectivity index (χ4n) is 1.80. The minimum absolute atomic E-state index is 0.0617. The summed E-state index contributed by atoms with van der Waals surface area (Å²) in [7, 11) is 1.87. The maximum absolute atomic E-state index is 11.5. The third kappa shape index (κ3) is 4.73. The molecule has 0 aromatic heterocycles. The Hall–Kier alpha value is -1.26. The van der Waals surface area contributed by atoms with E-state index in [1.807, 2.05) is 19.2 Å². The van der Waals surface area contributed by atoms with E-state index in [2.05, 4.69) is 10.6 Å². The number of nitrogens with one attached hydrogen (secondary N) is 2. The number of amides is 1. The average molecular weight is 283 g/mol. The third-order valence-corrected chi connectivity index (χ3v) is 3.15. The van der Waals surface area contributed by atoms with Crippen LogP contribution in [0.1, 0.15) is 24.8 Å². The number of rotatable bonds is 7. The van der Waals surface area contributed by atoms with E-state index < -0.39 is 0 Å². The molecule has 1 aromatic carbocycles. The molecule has 1 aliphatic rings. The molecule has 1 aliphatic carbocycles. The number of hydrogen-bond acceptors (Lipinski definition) is 3. The Labute approximate surface area is 118 Å². The van der Waals surface area contributed by atoms with Crippen LogP contribution in [0.4, 0.5) is 0 Å². The Morgan fingerprint density at radius 3 is 2.95 bits per heavy atom. The van der Waals surface area contributed by atoms with Gasteiger partial charge in [0.25, 0.3) is 0 Å². The first-order chi connectivity index (χ1) is 9.19. The minimum Gasteiger partial charge on any atom is -0.493 e. The normalized spacial score (nSPS) is 14.2. The highest BCUT2D eigenvalue weighted by Gasteiger charge is 2.22. The Morgan fingerprint density at radius 1 is 1.47 bits per heavy atom. The molecule has 1 aromatic rings. The highest BCUT2D eigenvalue weighted by Crippen LogP contribution is 2.23. The molecule has 0 aliphatic heterocycles. The molecule has 0 spiro atoms. The Morgan fingerprint density at radius 2 is 2.26 bits per heavy atom. The highest BCUT2D eigenvalue weighted by atomic mass is 35.5. The van der Waals surface area contributed by atoms with Gasteiger partial charge in [0.15, 0.2) is 0 Å². The molecule has 5 heteroatoms. The Balaban J connectivity index is 1.82. The summed E-state index contributed by atoms with van der Waals surface area (Å²) >= 11 is 5.95. The molecule has 1 fully saturated rings. The topological polar surface area (TPSA) is 50.4 Å². The van der Waals surface area contributed by atoms with Gasteiger partial charge < -0.3 is 15.4 Å². The van der Waals surface area contributed by atoms with Crippen LogP contribution in [-0.2, 0) is 11.3 Å². The Kier molecular flexibility index (Phi) is 5.05. The minimum atomic E-state index is 0.0617. The lowest BCUT2D eigenvalue weighted by Crippen LogP contribution is -2.26. The first kappa shape index (κ1) is 14.2. The van der Waals surface area contributed by atoms with Gasteiger partial charge in [0, 0.05) is 23.2 Å². The highest BCUT2D eigenvalue weighted by molar-refractivity contribution is 6.30. The monoisotopic (exact) mass is 282 g/mol. The summed E-state index contributed by atoms with van der Waals surface area (Å²) in [6.45, 7) is 1.07. The van der Waals surface area contributed by atoms with Crippen LogP contribution in [0.3, 0.4) is 0 Å². The molecule has 0 heterocycles. The molecule has 0 saturated heterocycles. The second-order valence-corrected chi connectivity index (χ2v) is 5.16. The van der Waals surface area contributed by atoms with Crippen LogP contribution in [0.5, 0.6) is 5.75 Å². The SMILES string of the molecule is CNCc1cc(Cl)ccc1OCCC(=O)NC1CC1. The van der Waals surface area contributed by atoms with Gasteiger partial charge in [0.05, 0.1) is 13.0 Å². The summed E-state index contributed by atoms with van der Waals surface area (Å²) in [4.78, 5) is 11.5. The zero-order chi connectivity index (χ0) is 13.7. The van der Waals surface area contributed by atoms with Crippen molar-refractivity contribution in [2.24, 2.45) is 0 Å². The zero-order valence-electron chi connectivity index (χ0n) is 11.0. The number of ether oxygens (including phenoxy) is 1. The largest absolute Gasteiger partial charge is 0.493 e. The van der Waals surface area contributed by atoms with Crippen molar-refractivity contribution in [3.8, 4) is 5.75 Å². The smallest absolute Gasteiger partial charge is 0.223 e. The van der Waals surface area contributed by atoms with Crippen molar-refractivity contribution in [3.05, 3.63) is 28.8 Å². The summed E-state index contributed by atoms with van der Waals surface area (Å²) in [5.41, 5.74) is 0.998. The fraction of sp³-hybridized carbons (Fsp3) is 0.500. The van der Waals surface area contributed by atoms with E-state index in [0.29, 0.717) is 30.6 Å². The molecule has 2 N–H and O–H groups in total. The van der Waals surface area contributed by atoms with E-state index >= 15 is 0 Å². The van der Waals surface area contributed by atoms with Gasteiger partial charge in [-0.15, -0.1) is 0 Å². The van der Waals surface area contributed by atoms with E-state index in [0.717, 1.165) is 24.2 Å². The van der Waals surface area contributed by atoms with Crippen molar-refractivity contribution >= 4 is 17.5 Å². The van der Waals surface area contributed by atoms with Crippen molar-refractivity contribution in [2.45, 2.75) is 31.8 Å². The lowest BCUT2D eigenvalue weighted by molar-refractivity contribution is -0.121. The molecule has 19 heavy (non-hydrogen) atoms. The summed E-state index contributed by atoms with van der Waals surface area (Å²) in [5, 5.41) is 6.69. The second-order valence-electron chi connectivity index (χ2n) is 4.72. The molecule has 1 amide bonds. The first-order valence-electron chi connectivity index (χ1n) is 6.54. The van der Waals surface area contributed by atoms with Crippen molar-refractivity contribution < 1.29 is 9.53 Å². The van der Waals surface area contributed by atoms with Crippen molar-refractivity contribution in [1.29, 1.82) is 0 Å². The molecule has 4 nitrogen and oxygen atoms in total. The number of halogens is 1. The van der Waals surface area contributed by atoms with Crippen LogP contribution in [0.2, 0.25) is 5.02 Å². The van der Waals surface area contributed by atoms with E-state index in [-0.39, 0.29) is 5.91 Å². The van der Waals surface area contributed by atoms with Gasteiger partial charge in [-0.05, 0) is 38.1 Å². The Bertz CT molecular complexity index is 447. The quantitative estimate of drug-likeness (QED) is 0.805. The molecular formula is C14H19ClN2O2. The van der Waals surface area contributed by atoms with Crippen molar-refractivity contribution in [3.63, 3.8) is 0 Å². The van der Waals surface area contributed by atoms with Gasteiger partial charge in [-0.25, -0.2) is 0 Å². The zero-order valence-corrected chi connectivity index (χ0v) is 11.8. The van der Waals surface area contributed by atoms with E-state index in [1.165, 1.54) is 0 Å². The lowest BCUT2D eigenvalue weighted by atomic mass is 10.2. The summed E-state index contributed by atoms with van der Waals surface area (Å²) in [6, 6.07) is 5.91. The van der Waals surface area contributed by atoms with Gasteiger partial charge in [0.2, 0.25) is 5.91 Å². The van der Waals surface area contributed by atoms with E-state index in [4.69, 9.17) is 16.3 Å². The van der Waals surface area contributed by atoms with E-state index in [1.54, 1.807) is 6.07 Å². The maximum atomic E-state index is 11.5. The lowest BCUT2D eigenvalue weighted by Gasteiger charge is -2.11. The molecule has 0 bridgehead atoms. The van der Waals surface area contributed by atoms with Crippen LogP contribution in [-0.4, -0.2) is 25.6 Å². The first-order valence-corrected chi connectivity index (χ1v) is 6.92. The van der Waals surface area contributed by atoms with Crippen LogP contribution in [0.15, 0.2) is 18.2 Å². The van der Waals surface area contributed by atoms with Crippen LogP contribution >= 0.6 is 11.6 Å².